The maximum absolute atomic E-state index is 9.91. The van der Waals surface area contributed by atoms with Crippen LogP contribution in [0.5, 0.6) is 0 Å². The first kappa shape index (κ1) is 12.5. The van der Waals surface area contributed by atoms with Crippen molar-refractivity contribution in [2.24, 2.45) is 0 Å². The number of nitrogens with one attached hydrogen (secondary N) is 1. The molecule has 2 rings (SSSR count). The fraction of sp³-hybridized carbons (Fsp3) is 0.583. The van der Waals surface area contributed by atoms with E-state index in [1.165, 1.54) is 0 Å². The Kier molecular flexibility index (Phi) is 4.15. The number of hydrogen-bond acceptors (Lipinski definition) is 3. The van der Waals surface area contributed by atoms with Gasteiger partial charge < -0.3 is 20.1 Å². The maximum Gasteiger partial charge on any atom is 0.173 e. The first-order chi connectivity index (χ1) is 8.18. The highest BCUT2D eigenvalue weighted by atomic mass is 32.1. The summed E-state index contributed by atoms with van der Waals surface area (Å²) in [7, 11) is 0. The molecule has 0 unspecified atom stereocenters. The number of rotatable bonds is 1. The van der Waals surface area contributed by atoms with E-state index in [0.29, 0.717) is 24.7 Å². The number of aliphatic hydroxyl groups is 1. The number of allylic oxidation sites excluding steroid dienone is 2. The molecule has 0 spiro atoms. The van der Waals surface area contributed by atoms with Gasteiger partial charge in [-0.15, -0.1) is 0 Å². The second-order valence-corrected chi connectivity index (χ2v) is 4.67. The van der Waals surface area contributed by atoms with Gasteiger partial charge in [-0.3, -0.25) is 0 Å². The van der Waals surface area contributed by atoms with Crippen molar-refractivity contribution in [1.29, 1.82) is 0 Å². The number of aliphatic hydroxyl groups excluding tert-OH is 1. The molecular weight excluding hydrogens is 236 g/mol. The number of nitrogens with zero attached hydrogens (tertiary/aromatic N) is 1. The molecule has 0 aromatic heterocycles. The second kappa shape index (κ2) is 5.62. The number of ether oxygens (including phenoxy) is 1. The molecule has 0 amide bonds. The molecular formula is C12H18N2O2S. The molecule has 4 nitrogen and oxygen atoms in total. The van der Waals surface area contributed by atoms with E-state index in [4.69, 9.17) is 17.0 Å². The minimum absolute atomic E-state index is 0.473. The highest BCUT2D eigenvalue weighted by Crippen LogP contribution is 2.17. The summed E-state index contributed by atoms with van der Waals surface area (Å²) in [5.74, 6) is 0. The van der Waals surface area contributed by atoms with Crippen LogP contribution in [0.2, 0.25) is 0 Å². The minimum atomic E-state index is -0.473. The van der Waals surface area contributed by atoms with Crippen molar-refractivity contribution in [3.63, 3.8) is 0 Å². The van der Waals surface area contributed by atoms with Gasteiger partial charge in [0.15, 0.2) is 5.11 Å². The molecule has 1 fully saturated rings. The average Bonchev–Trinajstić information content (AvgIpc) is 2.35. The lowest BCUT2D eigenvalue weighted by Gasteiger charge is -2.31. The van der Waals surface area contributed by atoms with Crippen molar-refractivity contribution in [3.8, 4) is 0 Å². The van der Waals surface area contributed by atoms with Gasteiger partial charge in [0.25, 0.3) is 0 Å². The Hall–Kier alpha value is -0.910. The van der Waals surface area contributed by atoms with Crippen LogP contribution in [0.3, 0.4) is 0 Å². The average molecular weight is 254 g/mol. The first-order valence-electron chi connectivity index (χ1n) is 5.87. The van der Waals surface area contributed by atoms with Gasteiger partial charge in [0.2, 0.25) is 0 Å². The molecule has 0 radical (unpaired) electrons. The highest BCUT2D eigenvalue weighted by molar-refractivity contribution is 7.80. The SMILES string of the molecule is CC1=C(NC(=S)N2CCOCC2)[C@H](O)CC=C1. The van der Waals surface area contributed by atoms with Crippen LogP contribution in [-0.2, 0) is 4.74 Å². The van der Waals surface area contributed by atoms with Crippen LogP contribution in [0.4, 0.5) is 0 Å². The quantitative estimate of drug-likeness (QED) is 0.677. The molecule has 17 heavy (non-hydrogen) atoms. The maximum atomic E-state index is 9.91. The zero-order valence-electron chi connectivity index (χ0n) is 9.98. The van der Waals surface area contributed by atoms with E-state index in [1.807, 2.05) is 19.1 Å². The van der Waals surface area contributed by atoms with Crippen LogP contribution >= 0.6 is 12.2 Å². The lowest BCUT2D eigenvalue weighted by molar-refractivity contribution is 0.0677. The third-order valence-electron chi connectivity index (χ3n) is 3.03. The molecule has 2 N–H and O–H groups in total. The Balaban J connectivity index is 1.99. The molecule has 0 bridgehead atoms. The molecule has 1 aliphatic heterocycles. The molecule has 94 valence electrons. The van der Waals surface area contributed by atoms with Gasteiger partial charge in [-0.2, -0.15) is 0 Å². The Morgan fingerprint density at radius 3 is 2.88 bits per heavy atom. The molecule has 5 heteroatoms. The van der Waals surface area contributed by atoms with Gasteiger partial charge in [-0.1, -0.05) is 12.2 Å². The summed E-state index contributed by atoms with van der Waals surface area (Å²) in [5.41, 5.74) is 1.86. The van der Waals surface area contributed by atoms with Crippen molar-refractivity contribution < 1.29 is 9.84 Å². The highest BCUT2D eigenvalue weighted by Gasteiger charge is 2.19. The molecule has 1 aliphatic carbocycles. The third-order valence-corrected chi connectivity index (χ3v) is 3.39. The van der Waals surface area contributed by atoms with Gasteiger partial charge in [0.1, 0.15) is 0 Å². The summed E-state index contributed by atoms with van der Waals surface area (Å²) in [6.07, 6.45) is 4.16. The lowest BCUT2D eigenvalue weighted by Crippen LogP contribution is -2.47. The Morgan fingerprint density at radius 1 is 1.53 bits per heavy atom. The van der Waals surface area contributed by atoms with Crippen molar-refractivity contribution in [1.82, 2.24) is 10.2 Å². The lowest BCUT2D eigenvalue weighted by atomic mass is 10.0. The predicted octanol–water partition coefficient (Wildman–Crippen LogP) is 0.788. The molecule has 0 aromatic rings. The predicted molar refractivity (Wildman–Crippen MR) is 70.6 cm³/mol. The zero-order chi connectivity index (χ0) is 12.3. The van der Waals surface area contributed by atoms with Crippen LogP contribution in [0.15, 0.2) is 23.4 Å². The van der Waals surface area contributed by atoms with Gasteiger partial charge >= 0.3 is 0 Å². The Bertz CT molecular complexity index is 360. The minimum Gasteiger partial charge on any atom is -0.387 e. The normalized spacial score (nSPS) is 25.1. The first-order valence-corrected chi connectivity index (χ1v) is 6.28. The van der Waals surface area contributed by atoms with E-state index in [-0.39, 0.29) is 0 Å². The largest absolute Gasteiger partial charge is 0.387 e. The topological polar surface area (TPSA) is 44.7 Å². The van der Waals surface area contributed by atoms with E-state index in [1.54, 1.807) is 0 Å². The molecule has 1 atom stereocenters. The van der Waals surface area contributed by atoms with Crippen molar-refractivity contribution in [3.05, 3.63) is 23.4 Å². The van der Waals surface area contributed by atoms with Crippen LogP contribution in [0, 0.1) is 0 Å². The zero-order valence-corrected chi connectivity index (χ0v) is 10.8. The summed E-state index contributed by atoms with van der Waals surface area (Å²) in [6, 6.07) is 0. The monoisotopic (exact) mass is 254 g/mol. The summed E-state index contributed by atoms with van der Waals surface area (Å²) in [5, 5.41) is 13.8. The van der Waals surface area contributed by atoms with E-state index < -0.39 is 6.10 Å². The Labute approximate surface area is 107 Å². The second-order valence-electron chi connectivity index (χ2n) is 4.28. The number of thiocarbonyl (C=S) groups is 1. The van der Waals surface area contributed by atoms with E-state index in [0.717, 1.165) is 24.4 Å². The smallest absolute Gasteiger partial charge is 0.173 e. The molecule has 0 saturated carbocycles. The van der Waals surface area contributed by atoms with Gasteiger partial charge in [0, 0.05) is 18.8 Å². The standard InChI is InChI=1S/C12H18N2O2S/c1-9-3-2-4-10(15)11(9)13-12(17)14-5-7-16-8-6-14/h2-3,10,15H,4-8H2,1H3,(H,13,17)/t10-/m1/s1. The third kappa shape index (κ3) is 3.06. The van der Waals surface area contributed by atoms with Crippen LogP contribution in [0.25, 0.3) is 0 Å². The van der Waals surface area contributed by atoms with Gasteiger partial charge in [-0.05, 0) is 31.1 Å². The van der Waals surface area contributed by atoms with E-state index in [9.17, 15) is 5.11 Å². The van der Waals surface area contributed by atoms with Crippen molar-refractivity contribution >= 4 is 17.3 Å². The van der Waals surface area contributed by atoms with Crippen molar-refractivity contribution in [2.45, 2.75) is 19.4 Å². The summed E-state index contributed by atoms with van der Waals surface area (Å²) in [6.45, 7) is 5.02. The van der Waals surface area contributed by atoms with Crippen LogP contribution in [0.1, 0.15) is 13.3 Å². The summed E-state index contributed by atoms with van der Waals surface area (Å²) >= 11 is 5.35. The Morgan fingerprint density at radius 2 is 2.24 bits per heavy atom. The van der Waals surface area contributed by atoms with Crippen LogP contribution in [-0.4, -0.2) is 47.5 Å². The van der Waals surface area contributed by atoms with E-state index in [2.05, 4.69) is 10.2 Å². The summed E-state index contributed by atoms with van der Waals surface area (Å²) < 4.78 is 5.28. The number of hydrogen-bond donors (Lipinski definition) is 2. The molecule has 0 aromatic carbocycles. The van der Waals surface area contributed by atoms with Crippen molar-refractivity contribution in [2.75, 3.05) is 26.3 Å². The fourth-order valence-corrected chi connectivity index (χ4v) is 2.28. The van der Waals surface area contributed by atoms with Crippen LogP contribution < -0.4 is 5.32 Å². The van der Waals surface area contributed by atoms with E-state index >= 15 is 0 Å². The molecule has 1 saturated heterocycles. The van der Waals surface area contributed by atoms with Gasteiger partial charge in [0.05, 0.1) is 19.3 Å². The van der Waals surface area contributed by atoms with Gasteiger partial charge in [-0.25, -0.2) is 0 Å². The molecule has 1 heterocycles. The molecule has 2 aliphatic rings. The number of morpholine rings is 1. The fourth-order valence-electron chi connectivity index (χ4n) is 1.99. The summed E-state index contributed by atoms with van der Waals surface area (Å²) in [4.78, 5) is 2.07.